The maximum Gasteiger partial charge on any atom is 0.253 e. The van der Waals surface area contributed by atoms with E-state index in [1.807, 2.05) is 0 Å². The topological polar surface area (TPSA) is 49.4 Å². The maximum atomic E-state index is 12.0. The molecule has 6 heteroatoms. The number of rotatable bonds is 3. The highest BCUT2D eigenvalue weighted by atomic mass is 35.5. The van der Waals surface area contributed by atoms with Gasteiger partial charge in [0.15, 0.2) is 0 Å². The number of carbonyl (C=O) groups excluding carboxylic acids is 2. The molecular weight excluding hydrogens is 284 g/mol. The zero-order valence-electron chi connectivity index (χ0n) is 10.5. The smallest absolute Gasteiger partial charge is 0.253 e. The first-order valence-corrected chi connectivity index (χ1v) is 7.00. The molecule has 0 bridgehead atoms. The molecule has 1 heterocycles. The van der Waals surface area contributed by atoms with E-state index >= 15 is 0 Å². The first-order valence-electron chi connectivity index (χ1n) is 5.99. The summed E-state index contributed by atoms with van der Waals surface area (Å²) in [5.74, 6) is 0.644. The largest absolute Gasteiger partial charge is 0.355 e. The van der Waals surface area contributed by atoms with Gasteiger partial charge in [-0.25, -0.2) is 0 Å². The van der Waals surface area contributed by atoms with Crippen molar-refractivity contribution >= 4 is 41.7 Å². The summed E-state index contributed by atoms with van der Waals surface area (Å²) in [7, 11) is 1.56. The predicted molar refractivity (Wildman–Crippen MR) is 79.2 cm³/mol. The Hall–Kier alpha value is -1.20. The van der Waals surface area contributed by atoms with Gasteiger partial charge in [-0.15, -0.1) is 0 Å². The van der Waals surface area contributed by atoms with Crippen LogP contribution in [0.2, 0.25) is 5.02 Å². The first-order chi connectivity index (χ1) is 9.06. The Morgan fingerprint density at radius 3 is 2.89 bits per heavy atom. The lowest BCUT2D eigenvalue weighted by Gasteiger charge is -2.20. The van der Waals surface area contributed by atoms with Gasteiger partial charge in [0.05, 0.1) is 11.3 Å². The quantitative estimate of drug-likeness (QED) is 0.839. The van der Waals surface area contributed by atoms with Crippen molar-refractivity contribution < 1.29 is 9.59 Å². The Labute approximate surface area is 122 Å². The van der Waals surface area contributed by atoms with Crippen LogP contribution in [0.25, 0.3) is 0 Å². The van der Waals surface area contributed by atoms with Crippen molar-refractivity contribution in [3.63, 3.8) is 0 Å². The van der Waals surface area contributed by atoms with Gasteiger partial charge in [0, 0.05) is 25.0 Å². The van der Waals surface area contributed by atoms with Gasteiger partial charge in [-0.2, -0.15) is 12.6 Å². The monoisotopic (exact) mass is 298 g/mol. The summed E-state index contributed by atoms with van der Waals surface area (Å²) < 4.78 is 0. The van der Waals surface area contributed by atoms with Crippen molar-refractivity contribution in [3.05, 3.63) is 28.8 Å². The van der Waals surface area contributed by atoms with Crippen LogP contribution in [0.15, 0.2) is 18.2 Å². The van der Waals surface area contributed by atoms with E-state index in [1.165, 1.54) is 0 Å². The molecule has 1 fully saturated rings. The van der Waals surface area contributed by atoms with Gasteiger partial charge < -0.3 is 10.2 Å². The molecule has 1 unspecified atom stereocenters. The van der Waals surface area contributed by atoms with E-state index in [9.17, 15) is 9.59 Å². The number of nitrogens with one attached hydrogen (secondary N) is 1. The summed E-state index contributed by atoms with van der Waals surface area (Å²) in [6.07, 6.45) is 0.462. The second-order valence-electron chi connectivity index (χ2n) is 4.50. The molecule has 2 amide bonds. The number of carbonyl (C=O) groups is 2. The van der Waals surface area contributed by atoms with E-state index in [2.05, 4.69) is 17.9 Å². The number of halogens is 1. The molecule has 19 heavy (non-hydrogen) atoms. The standard InChI is InChI=1S/C13H15ClN2O2S/c1-15-13(18)10-3-2-9(14)5-11(10)16-6-8(7-19)4-12(16)17/h2-3,5,8,19H,4,6-7H2,1H3,(H,15,18). The molecule has 2 rings (SSSR count). The van der Waals surface area contributed by atoms with E-state index in [1.54, 1.807) is 30.1 Å². The number of hydrogen-bond donors (Lipinski definition) is 2. The lowest BCUT2D eigenvalue weighted by molar-refractivity contribution is -0.117. The fourth-order valence-corrected chi connectivity index (χ4v) is 2.60. The highest BCUT2D eigenvalue weighted by molar-refractivity contribution is 7.80. The second-order valence-corrected chi connectivity index (χ2v) is 5.30. The summed E-state index contributed by atoms with van der Waals surface area (Å²) in [6, 6.07) is 4.94. The Morgan fingerprint density at radius 2 is 2.32 bits per heavy atom. The number of amides is 2. The minimum absolute atomic E-state index is 0.00599. The highest BCUT2D eigenvalue weighted by Gasteiger charge is 2.31. The van der Waals surface area contributed by atoms with Crippen molar-refractivity contribution in [2.75, 3.05) is 24.2 Å². The second kappa shape index (κ2) is 5.84. The van der Waals surface area contributed by atoms with Crippen LogP contribution in [0, 0.1) is 5.92 Å². The summed E-state index contributed by atoms with van der Waals surface area (Å²) in [6.45, 7) is 0.576. The summed E-state index contributed by atoms with van der Waals surface area (Å²) in [5, 5.41) is 3.07. The van der Waals surface area contributed by atoms with E-state index in [4.69, 9.17) is 11.6 Å². The number of hydrogen-bond acceptors (Lipinski definition) is 3. The average Bonchev–Trinajstić information content (AvgIpc) is 2.79. The molecule has 1 aromatic carbocycles. The van der Waals surface area contributed by atoms with Crippen molar-refractivity contribution in [2.45, 2.75) is 6.42 Å². The Bertz CT molecular complexity index is 521. The van der Waals surface area contributed by atoms with Crippen LogP contribution in [-0.2, 0) is 4.79 Å². The van der Waals surface area contributed by atoms with E-state index in [-0.39, 0.29) is 17.7 Å². The molecular formula is C13H15ClN2O2S. The molecule has 1 saturated heterocycles. The third-order valence-electron chi connectivity index (χ3n) is 3.19. The van der Waals surface area contributed by atoms with Crippen LogP contribution in [0.5, 0.6) is 0 Å². The lowest BCUT2D eigenvalue weighted by atomic mass is 10.1. The van der Waals surface area contributed by atoms with E-state index in [0.717, 1.165) is 0 Å². The third kappa shape index (κ3) is 2.87. The fraction of sp³-hybridized carbons (Fsp3) is 0.385. The van der Waals surface area contributed by atoms with E-state index < -0.39 is 0 Å². The first kappa shape index (κ1) is 14.2. The molecule has 1 aliphatic heterocycles. The SMILES string of the molecule is CNC(=O)c1ccc(Cl)cc1N1CC(CS)CC1=O. The van der Waals surface area contributed by atoms with Gasteiger partial charge in [0.2, 0.25) is 5.91 Å². The molecule has 0 spiro atoms. The zero-order valence-corrected chi connectivity index (χ0v) is 12.2. The number of nitrogens with zero attached hydrogens (tertiary/aromatic N) is 1. The molecule has 0 aliphatic carbocycles. The fourth-order valence-electron chi connectivity index (χ4n) is 2.19. The molecule has 1 aromatic rings. The molecule has 1 aliphatic rings. The minimum Gasteiger partial charge on any atom is -0.355 e. The van der Waals surface area contributed by atoms with Crippen molar-refractivity contribution in [1.29, 1.82) is 0 Å². The average molecular weight is 299 g/mol. The number of thiol groups is 1. The van der Waals surface area contributed by atoms with Crippen LogP contribution >= 0.6 is 24.2 Å². The lowest BCUT2D eigenvalue weighted by Crippen LogP contribution is -2.29. The molecule has 1 N–H and O–H groups in total. The van der Waals surface area contributed by atoms with Crippen molar-refractivity contribution in [3.8, 4) is 0 Å². The van der Waals surface area contributed by atoms with Gasteiger partial charge in [-0.05, 0) is 29.9 Å². The van der Waals surface area contributed by atoms with Crippen LogP contribution in [0.1, 0.15) is 16.8 Å². The van der Waals surface area contributed by atoms with Crippen LogP contribution < -0.4 is 10.2 Å². The van der Waals surface area contributed by atoms with Crippen molar-refractivity contribution in [1.82, 2.24) is 5.32 Å². The van der Waals surface area contributed by atoms with Crippen LogP contribution in [-0.4, -0.2) is 31.2 Å². The summed E-state index contributed by atoms with van der Waals surface area (Å²) in [4.78, 5) is 25.5. The number of anilines is 1. The maximum absolute atomic E-state index is 12.0. The molecule has 0 aromatic heterocycles. The van der Waals surface area contributed by atoms with Gasteiger partial charge >= 0.3 is 0 Å². The zero-order chi connectivity index (χ0) is 14.0. The summed E-state index contributed by atoms with van der Waals surface area (Å²) in [5.41, 5.74) is 1.03. The molecule has 1 atom stereocenters. The third-order valence-corrected chi connectivity index (χ3v) is 3.94. The molecule has 0 radical (unpaired) electrons. The summed E-state index contributed by atoms with van der Waals surface area (Å²) >= 11 is 10.2. The Balaban J connectivity index is 2.41. The molecule has 102 valence electrons. The Morgan fingerprint density at radius 1 is 1.58 bits per heavy atom. The van der Waals surface area contributed by atoms with Crippen LogP contribution in [0.3, 0.4) is 0 Å². The molecule has 4 nitrogen and oxygen atoms in total. The normalized spacial score (nSPS) is 18.8. The van der Waals surface area contributed by atoms with Crippen molar-refractivity contribution in [2.24, 2.45) is 5.92 Å². The van der Waals surface area contributed by atoms with Gasteiger partial charge in [0.1, 0.15) is 0 Å². The van der Waals surface area contributed by atoms with Gasteiger partial charge in [0.25, 0.3) is 5.91 Å². The molecule has 0 saturated carbocycles. The highest BCUT2D eigenvalue weighted by Crippen LogP contribution is 2.30. The predicted octanol–water partition coefficient (Wildman–Crippen LogP) is 1.98. The minimum atomic E-state index is -0.228. The Kier molecular flexibility index (Phi) is 4.37. The van der Waals surface area contributed by atoms with Gasteiger partial charge in [-0.3, -0.25) is 9.59 Å². The van der Waals surface area contributed by atoms with Crippen LogP contribution in [0.4, 0.5) is 5.69 Å². The number of benzene rings is 1. The van der Waals surface area contributed by atoms with Gasteiger partial charge in [-0.1, -0.05) is 11.6 Å². The van der Waals surface area contributed by atoms with E-state index in [0.29, 0.717) is 35.0 Å².